The average molecular weight is 259 g/mol. The number of ether oxygens (including phenoxy) is 1. The van der Waals surface area contributed by atoms with Gasteiger partial charge in [0, 0.05) is 6.54 Å². The predicted molar refractivity (Wildman–Crippen MR) is 63.4 cm³/mol. The molecule has 1 aromatic heterocycles. The van der Waals surface area contributed by atoms with Crippen molar-refractivity contribution in [2.75, 3.05) is 25.2 Å². The lowest BCUT2D eigenvalue weighted by Crippen LogP contribution is -2.36. The van der Waals surface area contributed by atoms with E-state index >= 15 is 0 Å². The monoisotopic (exact) mass is 258 g/mol. The molecule has 2 rings (SSSR count). The highest BCUT2D eigenvalue weighted by Crippen LogP contribution is 2.28. The van der Waals surface area contributed by atoms with Gasteiger partial charge in [-0.15, -0.1) is 0 Å². The summed E-state index contributed by atoms with van der Waals surface area (Å²) in [6, 6.07) is 0.217. The van der Waals surface area contributed by atoms with Gasteiger partial charge in [-0.1, -0.05) is 6.92 Å². The highest BCUT2D eigenvalue weighted by atomic mass is 35.5. The van der Waals surface area contributed by atoms with Crippen molar-refractivity contribution < 1.29 is 9.84 Å². The van der Waals surface area contributed by atoms with Crippen molar-refractivity contribution in [2.45, 2.75) is 19.4 Å². The summed E-state index contributed by atoms with van der Waals surface area (Å²) in [6.07, 6.45) is 0.997. The number of aromatic nitrogens is 3. The Hall–Kier alpha value is -1.14. The Kier molecular flexibility index (Phi) is 3.63. The lowest BCUT2D eigenvalue weighted by atomic mass is 10.0. The third kappa shape index (κ3) is 2.42. The smallest absolute Gasteiger partial charge is 0.322 e. The molecule has 0 aromatic carbocycles. The van der Waals surface area contributed by atoms with Gasteiger partial charge in [0.15, 0.2) is 0 Å². The molecule has 2 unspecified atom stereocenters. The second kappa shape index (κ2) is 5.01. The molecular weight excluding hydrogens is 244 g/mol. The summed E-state index contributed by atoms with van der Waals surface area (Å²) >= 11 is 5.80. The minimum absolute atomic E-state index is 0.0261. The zero-order chi connectivity index (χ0) is 12.4. The highest BCUT2D eigenvalue weighted by molar-refractivity contribution is 6.28. The van der Waals surface area contributed by atoms with Crippen LogP contribution in [0.25, 0.3) is 0 Å². The maximum Gasteiger partial charge on any atom is 0.322 e. The molecule has 1 aliphatic heterocycles. The summed E-state index contributed by atoms with van der Waals surface area (Å²) in [5.74, 6) is 0.867. The lowest BCUT2D eigenvalue weighted by molar-refractivity contribution is 0.243. The van der Waals surface area contributed by atoms with Crippen LogP contribution in [0.1, 0.15) is 13.3 Å². The molecule has 6 nitrogen and oxygen atoms in total. The van der Waals surface area contributed by atoms with Crippen molar-refractivity contribution in [3.05, 3.63) is 5.28 Å². The second-order valence-electron chi connectivity index (χ2n) is 4.10. The maximum absolute atomic E-state index is 9.39. The topological polar surface area (TPSA) is 71.4 Å². The van der Waals surface area contributed by atoms with Gasteiger partial charge in [-0.25, -0.2) is 0 Å². The number of nitrogens with zero attached hydrogens (tertiary/aromatic N) is 4. The SMILES string of the molecule is COc1nc(Cl)nc(N2CCC(C)C2CO)n1. The molecule has 0 spiro atoms. The number of halogens is 1. The highest BCUT2D eigenvalue weighted by Gasteiger charge is 2.32. The van der Waals surface area contributed by atoms with E-state index in [1.54, 1.807) is 0 Å². The second-order valence-corrected chi connectivity index (χ2v) is 4.44. The van der Waals surface area contributed by atoms with Gasteiger partial charge in [0.25, 0.3) is 0 Å². The molecular formula is C10H15ClN4O2. The van der Waals surface area contributed by atoms with Crippen molar-refractivity contribution in [2.24, 2.45) is 5.92 Å². The zero-order valence-corrected chi connectivity index (χ0v) is 10.6. The normalized spacial score (nSPS) is 24.1. The van der Waals surface area contributed by atoms with Gasteiger partial charge in [-0.2, -0.15) is 15.0 Å². The fourth-order valence-electron chi connectivity index (χ4n) is 2.08. The molecule has 1 N–H and O–H groups in total. The molecule has 0 aliphatic carbocycles. The molecule has 0 amide bonds. The fourth-order valence-corrected chi connectivity index (χ4v) is 2.22. The molecule has 1 aliphatic rings. The Morgan fingerprint density at radius 1 is 1.47 bits per heavy atom. The minimum atomic E-state index is 0.0261. The van der Waals surface area contributed by atoms with Crippen LogP contribution >= 0.6 is 11.6 Å². The van der Waals surface area contributed by atoms with Crippen LogP contribution in [0.2, 0.25) is 5.28 Å². The number of methoxy groups -OCH3 is 1. The Morgan fingerprint density at radius 2 is 2.24 bits per heavy atom. The quantitative estimate of drug-likeness (QED) is 0.862. The zero-order valence-electron chi connectivity index (χ0n) is 9.80. The van der Waals surface area contributed by atoms with Gasteiger partial charge in [-0.3, -0.25) is 0 Å². The van der Waals surface area contributed by atoms with Gasteiger partial charge < -0.3 is 14.7 Å². The van der Waals surface area contributed by atoms with E-state index in [9.17, 15) is 5.11 Å². The van der Waals surface area contributed by atoms with E-state index < -0.39 is 0 Å². The first-order valence-corrected chi connectivity index (χ1v) is 5.86. The largest absolute Gasteiger partial charge is 0.467 e. The molecule has 0 radical (unpaired) electrons. The Balaban J connectivity index is 2.30. The molecule has 94 valence electrons. The van der Waals surface area contributed by atoms with Gasteiger partial charge in [0.1, 0.15) is 0 Å². The Morgan fingerprint density at radius 3 is 2.88 bits per heavy atom. The molecule has 1 saturated heterocycles. The van der Waals surface area contributed by atoms with E-state index in [1.165, 1.54) is 7.11 Å². The standard InChI is InChI=1S/C10H15ClN4O2/c1-6-3-4-15(7(6)5-16)9-12-8(11)13-10(14-9)17-2/h6-7,16H,3-5H2,1-2H3. The number of aliphatic hydroxyl groups excluding tert-OH is 1. The third-order valence-corrected chi connectivity index (χ3v) is 3.25. The first kappa shape index (κ1) is 12.3. The van der Waals surface area contributed by atoms with E-state index in [0.29, 0.717) is 11.9 Å². The average Bonchev–Trinajstić information content (AvgIpc) is 2.69. The number of rotatable bonds is 3. The summed E-state index contributed by atoms with van der Waals surface area (Å²) in [6.45, 7) is 2.98. The maximum atomic E-state index is 9.39. The molecule has 17 heavy (non-hydrogen) atoms. The summed E-state index contributed by atoms with van der Waals surface area (Å²) in [7, 11) is 1.48. The fraction of sp³-hybridized carbons (Fsp3) is 0.700. The predicted octanol–water partition coefficient (Wildman–Crippen LogP) is 0.741. The van der Waals surface area contributed by atoms with E-state index in [0.717, 1.165) is 13.0 Å². The van der Waals surface area contributed by atoms with E-state index in [1.807, 2.05) is 4.90 Å². The van der Waals surface area contributed by atoms with Crippen molar-refractivity contribution >= 4 is 17.5 Å². The van der Waals surface area contributed by atoms with Crippen LogP contribution in [0.15, 0.2) is 0 Å². The van der Waals surface area contributed by atoms with Crippen LogP contribution in [0.4, 0.5) is 5.95 Å². The van der Waals surface area contributed by atoms with Crippen molar-refractivity contribution in [1.82, 2.24) is 15.0 Å². The summed E-state index contributed by atoms with van der Waals surface area (Å²) in [5, 5.41) is 9.49. The Labute approximate surface area is 105 Å². The first-order valence-electron chi connectivity index (χ1n) is 5.48. The number of aliphatic hydroxyl groups is 1. The van der Waals surface area contributed by atoms with Crippen LogP contribution in [-0.4, -0.2) is 46.4 Å². The molecule has 2 atom stereocenters. The van der Waals surface area contributed by atoms with E-state index in [2.05, 4.69) is 21.9 Å². The van der Waals surface area contributed by atoms with Gasteiger partial charge in [0.05, 0.1) is 19.8 Å². The van der Waals surface area contributed by atoms with E-state index in [4.69, 9.17) is 16.3 Å². The summed E-state index contributed by atoms with van der Waals surface area (Å²) < 4.78 is 4.96. The molecule has 7 heteroatoms. The van der Waals surface area contributed by atoms with Crippen LogP contribution in [0.5, 0.6) is 6.01 Å². The van der Waals surface area contributed by atoms with Crippen molar-refractivity contribution in [3.63, 3.8) is 0 Å². The molecule has 1 aromatic rings. The van der Waals surface area contributed by atoms with Crippen LogP contribution in [0, 0.1) is 5.92 Å². The summed E-state index contributed by atoms with van der Waals surface area (Å²) in [4.78, 5) is 14.0. The minimum Gasteiger partial charge on any atom is -0.467 e. The third-order valence-electron chi connectivity index (χ3n) is 3.08. The number of anilines is 1. The van der Waals surface area contributed by atoms with E-state index in [-0.39, 0.29) is 23.9 Å². The van der Waals surface area contributed by atoms with Crippen LogP contribution < -0.4 is 9.64 Å². The molecule has 0 bridgehead atoms. The molecule has 0 saturated carbocycles. The number of hydrogen-bond acceptors (Lipinski definition) is 6. The van der Waals surface area contributed by atoms with Gasteiger partial charge in [0.2, 0.25) is 11.2 Å². The number of hydrogen-bond donors (Lipinski definition) is 1. The Bertz CT molecular complexity index is 404. The van der Waals surface area contributed by atoms with Crippen LogP contribution in [0.3, 0.4) is 0 Å². The molecule has 1 fully saturated rings. The van der Waals surface area contributed by atoms with Crippen molar-refractivity contribution in [3.8, 4) is 6.01 Å². The lowest BCUT2D eigenvalue weighted by Gasteiger charge is -2.25. The first-order chi connectivity index (χ1) is 8.15. The van der Waals surface area contributed by atoms with Gasteiger partial charge in [-0.05, 0) is 23.9 Å². The van der Waals surface area contributed by atoms with Gasteiger partial charge >= 0.3 is 6.01 Å². The molecule has 2 heterocycles. The summed E-state index contributed by atoms with van der Waals surface area (Å²) in [5.41, 5.74) is 0. The van der Waals surface area contributed by atoms with Crippen molar-refractivity contribution in [1.29, 1.82) is 0 Å². The van der Waals surface area contributed by atoms with Crippen LogP contribution in [-0.2, 0) is 0 Å².